The van der Waals surface area contributed by atoms with E-state index in [2.05, 4.69) is 0 Å². The maximum Gasteiger partial charge on any atom is 0.410 e. The SMILES string of the molecule is COC[C@H]1CN(C(=O)OC(C)(C)C)[C@H](C)CN1C(=O)OCCc1ccccc1. The highest BCUT2D eigenvalue weighted by Gasteiger charge is 2.39. The standard InChI is InChI=1S/C21H32N2O5/c1-16-13-23(19(24)27-12-11-17-9-7-6-8-10-17)18(15-26-5)14-22(16)20(25)28-21(2,3)4/h6-10,16,18H,11-15H2,1-5H3/t16-,18-/m1/s1. The van der Waals surface area contributed by atoms with Gasteiger partial charge in [0, 0.05) is 26.6 Å². The number of amides is 2. The van der Waals surface area contributed by atoms with Crippen molar-refractivity contribution in [1.82, 2.24) is 9.80 Å². The molecule has 2 rings (SSSR count). The molecule has 0 bridgehead atoms. The van der Waals surface area contributed by atoms with Crippen molar-refractivity contribution in [3.05, 3.63) is 35.9 Å². The number of ether oxygens (including phenoxy) is 3. The number of rotatable bonds is 5. The summed E-state index contributed by atoms with van der Waals surface area (Å²) in [5.41, 5.74) is 0.549. The molecule has 0 unspecified atom stereocenters. The van der Waals surface area contributed by atoms with Crippen molar-refractivity contribution in [3.63, 3.8) is 0 Å². The predicted molar refractivity (Wildman–Crippen MR) is 106 cm³/mol. The summed E-state index contributed by atoms with van der Waals surface area (Å²) in [6, 6.07) is 9.43. The van der Waals surface area contributed by atoms with Crippen molar-refractivity contribution in [2.45, 2.75) is 51.8 Å². The van der Waals surface area contributed by atoms with E-state index in [4.69, 9.17) is 14.2 Å². The number of nitrogens with zero attached hydrogens (tertiary/aromatic N) is 2. The van der Waals surface area contributed by atoms with Gasteiger partial charge in [0.05, 0.1) is 25.3 Å². The van der Waals surface area contributed by atoms with Crippen molar-refractivity contribution < 1.29 is 23.8 Å². The molecular weight excluding hydrogens is 360 g/mol. The van der Waals surface area contributed by atoms with Crippen LogP contribution in [0, 0.1) is 0 Å². The molecule has 0 aliphatic carbocycles. The molecule has 0 aromatic heterocycles. The van der Waals surface area contributed by atoms with E-state index in [1.165, 1.54) is 0 Å². The molecule has 2 amide bonds. The minimum Gasteiger partial charge on any atom is -0.449 e. The number of carbonyl (C=O) groups is 2. The predicted octanol–water partition coefficient (Wildman–Crippen LogP) is 3.32. The average molecular weight is 392 g/mol. The second kappa shape index (κ2) is 9.78. The molecule has 7 heteroatoms. The minimum absolute atomic E-state index is 0.176. The summed E-state index contributed by atoms with van der Waals surface area (Å²) < 4.78 is 16.3. The zero-order valence-electron chi connectivity index (χ0n) is 17.5. The number of hydrogen-bond acceptors (Lipinski definition) is 5. The fraction of sp³-hybridized carbons (Fsp3) is 0.619. The highest BCUT2D eigenvalue weighted by Crippen LogP contribution is 2.20. The van der Waals surface area contributed by atoms with Crippen LogP contribution in [0.2, 0.25) is 0 Å². The highest BCUT2D eigenvalue weighted by molar-refractivity contribution is 5.71. The first-order valence-corrected chi connectivity index (χ1v) is 9.67. The van der Waals surface area contributed by atoms with E-state index >= 15 is 0 Å². The summed E-state index contributed by atoms with van der Waals surface area (Å²) in [4.78, 5) is 28.5. The molecule has 1 aromatic rings. The third-order valence-corrected chi connectivity index (χ3v) is 4.52. The van der Waals surface area contributed by atoms with Gasteiger partial charge in [-0.25, -0.2) is 9.59 Å². The van der Waals surface area contributed by atoms with Gasteiger partial charge in [0.25, 0.3) is 0 Å². The fourth-order valence-electron chi connectivity index (χ4n) is 3.16. The first kappa shape index (κ1) is 22.0. The minimum atomic E-state index is -0.568. The van der Waals surface area contributed by atoms with Crippen molar-refractivity contribution in [1.29, 1.82) is 0 Å². The topological polar surface area (TPSA) is 68.3 Å². The van der Waals surface area contributed by atoms with Gasteiger partial charge in [-0.1, -0.05) is 30.3 Å². The lowest BCUT2D eigenvalue weighted by atomic mass is 10.1. The number of methoxy groups -OCH3 is 1. The van der Waals surface area contributed by atoms with Gasteiger partial charge < -0.3 is 19.1 Å². The molecule has 156 valence electrons. The van der Waals surface area contributed by atoms with E-state index in [1.54, 1.807) is 16.9 Å². The van der Waals surface area contributed by atoms with Gasteiger partial charge in [-0.3, -0.25) is 4.90 Å². The normalized spacial score (nSPS) is 20.0. The largest absolute Gasteiger partial charge is 0.449 e. The summed E-state index contributed by atoms with van der Waals surface area (Å²) in [6.45, 7) is 8.75. The van der Waals surface area contributed by atoms with Crippen LogP contribution in [0.3, 0.4) is 0 Å². The molecule has 1 aromatic carbocycles. The van der Waals surface area contributed by atoms with E-state index in [1.807, 2.05) is 58.0 Å². The molecule has 1 fully saturated rings. The van der Waals surface area contributed by atoms with Crippen molar-refractivity contribution >= 4 is 12.2 Å². The van der Waals surface area contributed by atoms with Gasteiger partial charge in [0.2, 0.25) is 0 Å². The lowest BCUT2D eigenvalue weighted by Gasteiger charge is -2.44. The average Bonchev–Trinajstić information content (AvgIpc) is 2.62. The Balaban J connectivity index is 1.96. The van der Waals surface area contributed by atoms with Crippen LogP contribution in [0.5, 0.6) is 0 Å². The molecule has 28 heavy (non-hydrogen) atoms. The van der Waals surface area contributed by atoms with Crippen molar-refractivity contribution in [2.75, 3.05) is 33.4 Å². The van der Waals surface area contributed by atoms with Crippen LogP contribution in [-0.4, -0.2) is 73.1 Å². The molecule has 2 atom stereocenters. The number of benzene rings is 1. The monoisotopic (exact) mass is 392 g/mol. The Labute approximate surface area is 167 Å². The molecule has 0 radical (unpaired) electrons. The number of piperazine rings is 1. The summed E-state index contributed by atoms with van der Waals surface area (Å²) in [5.74, 6) is 0. The molecule has 1 heterocycles. The Kier molecular flexibility index (Phi) is 7.69. The molecule has 0 saturated carbocycles. The second-order valence-electron chi connectivity index (χ2n) is 8.09. The van der Waals surface area contributed by atoms with Gasteiger partial charge >= 0.3 is 12.2 Å². The van der Waals surface area contributed by atoms with Gasteiger partial charge in [-0.05, 0) is 33.3 Å². The molecular formula is C21H32N2O5. The van der Waals surface area contributed by atoms with E-state index in [-0.39, 0.29) is 24.3 Å². The quantitative estimate of drug-likeness (QED) is 0.769. The second-order valence-corrected chi connectivity index (χ2v) is 8.09. The maximum atomic E-state index is 12.6. The lowest BCUT2D eigenvalue weighted by molar-refractivity contribution is -0.0255. The van der Waals surface area contributed by atoms with Gasteiger partial charge in [-0.15, -0.1) is 0 Å². The highest BCUT2D eigenvalue weighted by atomic mass is 16.6. The molecule has 1 saturated heterocycles. The molecule has 1 aliphatic heterocycles. The molecule has 7 nitrogen and oxygen atoms in total. The maximum absolute atomic E-state index is 12.6. The van der Waals surface area contributed by atoms with Crippen molar-refractivity contribution in [3.8, 4) is 0 Å². The Morgan fingerprint density at radius 1 is 1.07 bits per heavy atom. The van der Waals surface area contributed by atoms with Gasteiger partial charge in [-0.2, -0.15) is 0 Å². The molecule has 1 aliphatic rings. The summed E-state index contributed by atoms with van der Waals surface area (Å²) in [7, 11) is 1.58. The summed E-state index contributed by atoms with van der Waals surface area (Å²) >= 11 is 0. The zero-order chi connectivity index (χ0) is 20.7. The van der Waals surface area contributed by atoms with Crippen LogP contribution < -0.4 is 0 Å². The van der Waals surface area contributed by atoms with Crippen LogP contribution in [0.1, 0.15) is 33.3 Å². The third-order valence-electron chi connectivity index (χ3n) is 4.52. The Bertz CT molecular complexity index is 644. The van der Waals surface area contributed by atoms with E-state index in [0.29, 0.717) is 32.7 Å². The summed E-state index contributed by atoms with van der Waals surface area (Å²) in [6.07, 6.45) is -0.0959. The van der Waals surface area contributed by atoms with Gasteiger partial charge in [0.1, 0.15) is 5.60 Å². The summed E-state index contributed by atoms with van der Waals surface area (Å²) in [5, 5.41) is 0. The van der Waals surface area contributed by atoms with E-state index in [9.17, 15) is 9.59 Å². The molecule has 0 N–H and O–H groups in total. The van der Waals surface area contributed by atoms with Crippen LogP contribution in [0.4, 0.5) is 9.59 Å². The van der Waals surface area contributed by atoms with Gasteiger partial charge in [0.15, 0.2) is 0 Å². The Hall–Kier alpha value is -2.28. The van der Waals surface area contributed by atoms with Crippen LogP contribution in [-0.2, 0) is 20.6 Å². The first-order chi connectivity index (χ1) is 13.2. The van der Waals surface area contributed by atoms with Crippen LogP contribution in [0.25, 0.3) is 0 Å². The zero-order valence-corrected chi connectivity index (χ0v) is 17.5. The number of carbonyl (C=O) groups excluding carboxylic acids is 2. The number of hydrogen-bond donors (Lipinski definition) is 0. The first-order valence-electron chi connectivity index (χ1n) is 9.67. The third kappa shape index (κ3) is 6.41. The smallest absolute Gasteiger partial charge is 0.410 e. The van der Waals surface area contributed by atoms with Crippen LogP contribution in [0.15, 0.2) is 30.3 Å². The Morgan fingerprint density at radius 3 is 2.36 bits per heavy atom. The van der Waals surface area contributed by atoms with Crippen molar-refractivity contribution in [2.24, 2.45) is 0 Å². The Morgan fingerprint density at radius 2 is 1.75 bits per heavy atom. The fourth-order valence-corrected chi connectivity index (χ4v) is 3.16. The molecule has 0 spiro atoms. The lowest BCUT2D eigenvalue weighted by Crippen LogP contribution is -2.62. The van der Waals surface area contributed by atoms with Crippen LogP contribution >= 0.6 is 0 Å². The van der Waals surface area contributed by atoms with E-state index in [0.717, 1.165) is 5.56 Å². The van der Waals surface area contributed by atoms with E-state index < -0.39 is 5.60 Å².